The number of hydrogen-bond acceptors (Lipinski definition) is 8. The first-order valence-electron chi connectivity index (χ1n) is 10.8. The second-order valence-corrected chi connectivity index (χ2v) is 9.32. The molecule has 0 radical (unpaired) electrons. The average molecular weight is 519 g/mol. The van der Waals surface area contributed by atoms with E-state index >= 15 is 0 Å². The number of rotatable bonds is 8. The Morgan fingerprint density at radius 2 is 1.94 bits per heavy atom. The SMILES string of the molecule is COc1ccccc1-n1c(SCc2nc(C(=O)Nc3ccc(F)cc3)cs2)nnc1-c1cccnc1. The zero-order valence-corrected chi connectivity index (χ0v) is 20.6. The van der Waals surface area contributed by atoms with Gasteiger partial charge in [0.15, 0.2) is 11.0 Å². The first-order valence-corrected chi connectivity index (χ1v) is 12.6. The van der Waals surface area contributed by atoms with E-state index in [2.05, 4.69) is 25.5 Å². The number of pyridine rings is 1. The molecule has 0 fully saturated rings. The molecule has 8 nitrogen and oxygen atoms in total. The molecule has 0 aliphatic heterocycles. The number of halogens is 1. The number of thiazole rings is 1. The minimum atomic E-state index is -0.367. The third kappa shape index (κ3) is 5.11. The second-order valence-electron chi connectivity index (χ2n) is 7.43. The highest BCUT2D eigenvalue weighted by molar-refractivity contribution is 7.98. The zero-order chi connectivity index (χ0) is 24.9. The number of para-hydroxylation sites is 2. The first-order chi connectivity index (χ1) is 17.6. The number of hydrogen-bond donors (Lipinski definition) is 1. The Kier molecular flexibility index (Phi) is 7.01. The topological polar surface area (TPSA) is 94.8 Å². The van der Waals surface area contributed by atoms with Gasteiger partial charge in [-0.05, 0) is 48.5 Å². The minimum absolute atomic E-state index is 0.294. The third-order valence-corrected chi connectivity index (χ3v) is 7.06. The molecule has 0 bridgehead atoms. The Morgan fingerprint density at radius 1 is 1.11 bits per heavy atom. The molecule has 11 heteroatoms. The molecule has 0 unspecified atom stereocenters. The number of aromatic nitrogens is 5. The molecule has 1 N–H and O–H groups in total. The molecule has 3 heterocycles. The lowest BCUT2D eigenvalue weighted by Crippen LogP contribution is -2.12. The van der Waals surface area contributed by atoms with E-state index < -0.39 is 0 Å². The van der Waals surface area contributed by atoms with Gasteiger partial charge in [0.05, 0.1) is 18.6 Å². The van der Waals surface area contributed by atoms with Crippen molar-refractivity contribution < 1.29 is 13.9 Å². The van der Waals surface area contributed by atoms with E-state index in [1.54, 1.807) is 24.9 Å². The smallest absolute Gasteiger partial charge is 0.275 e. The number of nitrogens with one attached hydrogen (secondary N) is 1. The number of anilines is 1. The molecule has 0 aliphatic rings. The monoisotopic (exact) mass is 518 g/mol. The van der Waals surface area contributed by atoms with Crippen molar-refractivity contribution in [2.45, 2.75) is 10.9 Å². The van der Waals surface area contributed by atoms with Crippen molar-refractivity contribution in [3.8, 4) is 22.8 Å². The van der Waals surface area contributed by atoms with E-state index in [4.69, 9.17) is 4.74 Å². The summed E-state index contributed by atoms with van der Waals surface area (Å²) in [6.07, 6.45) is 3.44. The Hall–Kier alpha value is -4.09. The van der Waals surface area contributed by atoms with E-state index in [0.717, 1.165) is 16.3 Å². The fourth-order valence-corrected chi connectivity index (χ4v) is 5.15. The summed E-state index contributed by atoms with van der Waals surface area (Å²) in [7, 11) is 1.62. The summed E-state index contributed by atoms with van der Waals surface area (Å²) < 4.78 is 20.6. The van der Waals surface area contributed by atoms with Gasteiger partial charge in [-0.25, -0.2) is 9.37 Å². The van der Waals surface area contributed by atoms with Crippen molar-refractivity contribution in [2.24, 2.45) is 0 Å². The highest BCUT2D eigenvalue weighted by Gasteiger charge is 2.20. The number of carbonyl (C=O) groups is 1. The van der Waals surface area contributed by atoms with Gasteiger partial charge in [0.25, 0.3) is 5.91 Å². The number of nitrogens with zero attached hydrogens (tertiary/aromatic N) is 5. The maximum atomic E-state index is 13.1. The van der Waals surface area contributed by atoms with Gasteiger partial charge in [0, 0.05) is 29.0 Å². The van der Waals surface area contributed by atoms with E-state index in [0.29, 0.717) is 33.9 Å². The third-order valence-electron chi connectivity index (χ3n) is 5.09. The number of ether oxygens (including phenoxy) is 1. The van der Waals surface area contributed by atoms with Gasteiger partial charge < -0.3 is 10.1 Å². The quantitative estimate of drug-likeness (QED) is 0.272. The van der Waals surface area contributed by atoms with E-state index in [1.807, 2.05) is 41.0 Å². The molecule has 0 saturated heterocycles. The molecule has 0 atom stereocenters. The van der Waals surface area contributed by atoms with Crippen LogP contribution in [-0.4, -0.2) is 37.7 Å². The molecule has 0 saturated carbocycles. The summed E-state index contributed by atoms with van der Waals surface area (Å²) in [5.41, 5.74) is 2.40. The average Bonchev–Trinajstić information content (AvgIpc) is 3.56. The van der Waals surface area contributed by atoms with Crippen LogP contribution in [-0.2, 0) is 5.75 Å². The number of carbonyl (C=O) groups excluding carboxylic acids is 1. The fourth-order valence-electron chi connectivity index (χ4n) is 3.41. The minimum Gasteiger partial charge on any atom is -0.495 e. The predicted molar refractivity (Wildman–Crippen MR) is 137 cm³/mol. The van der Waals surface area contributed by atoms with Crippen LogP contribution in [0.5, 0.6) is 5.75 Å². The second kappa shape index (κ2) is 10.7. The van der Waals surface area contributed by atoms with Crippen LogP contribution in [0.15, 0.2) is 83.6 Å². The number of amides is 1. The standard InChI is InChI=1S/C25H19FN6O2S2/c1-34-21-7-3-2-6-20(21)32-23(16-5-4-12-27-13-16)30-31-25(32)36-15-22-29-19(14-35-22)24(33)28-18-10-8-17(26)9-11-18/h2-14H,15H2,1H3,(H,28,33). The van der Waals surface area contributed by atoms with Gasteiger partial charge in [-0.2, -0.15) is 0 Å². The van der Waals surface area contributed by atoms with E-state index in [-0.39, 0.29) is 11.7 Å². The Bertz CT molecular complexity index is 1490. The number of methoxy groups -OCH3 is 1. The predicted octanol–water partition coefficient (Wildman–Crippen LogP) is 5.48. The van der Waals surface area contributed by atoms with Crippen molar-refractivity contribution >= 4 is 34.7 Å². The lowest BCUT2D eigenvalue weighted by molar-refractivity contribution is 0.102. The first kappa shape index (κ1) is 23.6. The molecular formula is C25H19FN6O2S2. The summed E-state index contributed by atoms with van der Waals surface area (Å²) in [6.45, 7) is 0. The zero-order valence-electron chi connectivity index (χ0n) is 19.0. The summed E-state index contributed by atoms with van der Waals surface area (Å²) in [6, 6.07) is 17.0. The van der Waals surface area contributed by atoms with Crippen molar-refractivity contribution in [1.82, 2.24) is 24.7 Å². The molecule has 3 aromatic heterocycles. The molecule has 0 spiro atoms. The summed E-state index contributed by atoms with van der Waals surface area (Å²) >= 11 is 2.83. The Morgan fingerprint density at radius 3 is 2.72 bits per heavy atom. The van der Waals surface area contributed by atoms with Crippen LogP contribution >= 0.6 is 23.1 Å². The molecule has 5 aromatic rings. The molecule has 0 aliphatic carbocycles. The fraction of sp³-hybridized carbons (Fsp3) is 0.0800. The van der Waals surface area contributed by atoms with Crippen LogP contribution < -0.4 is 10.1 Å². The number of benzene rings is 2. The molecular weight excluding hydrogens is 499 g/mol. The van der Waals surface area contributed by atoms with Crippen LogP contribution in [0.3, 0.4) is 0 Å². The maximum absolute atomic E-state index is 13.1. The van der Waals surface area contributed by atoms with Gasteiger partial charge in [-0.15, -0.1) is 21.5 Å². The lowest BCUT2D eigenvalue weighted by Gasteiger charge is -2.13. The molecule has 5 rings (SSSR count). The Labute approximate surface area is 214 Å². The molecule has 180 valence electrons. The number of thioether (sulfide) groups is 1. The summed E-state index contributed by atoms with van der Waals surface area (Å²) in [4.78, 5) is 21.2. The van der Waals surface area contributed by atoms with Crippen LogP contribution in [0.2, 0.25) is 0 Å². The molecule has 2 aromatic carbocycles. The molecule has 1 amide bonds. The van der Waals surface area contributed by atoms with Crippen LogP contribution in [0.25, 0.3) is 17.1 Å². The van der Waals surface area contributed by atoms with E-state index in [9.17, 15) is 9.18 Å². The van der Waals surface area contributed by atoms with Gasteiger partial charge >= 0.3 is 0 Å². The largest absolute Gasteiger partial charge is 0.495 e. The highest BCUT2D eigenvalue weighted by Crippen LogP contribution is 2.33. The van der Waals surface area contributed by atoms with Crippen molar-refractivity contribution in [1.29, 1.82) is 0 Å². The Balaban J connectivity index is 1.38. The molecule has 36 heavy (non-hydrogen) atoms. The van der Waals surface area contributed by atoms with Gasteiger partial charge in [-0.1, -0.05) is 23.9 Å². The maximum Gasteiger partial charge on any atom is 0.275 e. The van der Waals surface area contributed by atoms with Crippen molar-refractivity contribution in [3.63, 3.8) is 0 Å². The van der Waals surface area contributed by atoms with Crippen LogP contribution in [0.4, 0.5) is 10.1 Å². The summed E-state index contributed by atoms with van der Waals surface area (Å²) in [5, 5.41) is 14.7. The van der Waals surface area contributed by atoms with E-state index in [1.165, 1.54) is 47.4 Å². The summed E-state index contributed by atoms with van der Waals surface area (Å²) in [5.74, 6) is 1.07. The van der Waals surface area contributed by atoms with Gasteiger partial charge in [0.1, 0.15) is 22.3 Å². The normalized spacial score (nSPS) is 10.8. The van der Waals surface area contributed by atoms with Crippen LogP contribution in [0.1, 0.15) is 15.5 Å². The lowest BCUT2D eigenvalue weighted by atomic mass is 10.2. The van der Waals surface area contributed by atoms with Crippen molar-refractivity contribution in [2.75, 3.05) is 12.4 Å². The van der Waals surface area contributed by atoms with Gasteiger partial charge in [-0.3, -0.25) is 14.3 Å². The van der Waals surface area contributed by atoms with Crippen LogP contribution in [0, 0.1) is 5.82 Å². The van der Waals surface area contributed by atoms with Gasteiger partial charge in [0.2, 0.25) is 0 Å². The highest BCUT2D eigenvalue weighted by atomic mass is 32.2. The van der Waals surface area contributed by atoms with Crippen molar-refractivity contribution in [3.05, 3.63) is 95.0 Å².